The molecule has 12 nitrogen and oxygen atoms in total. The normalized spacial score (nSPS) is 9.16. The van der Waals surface area contributed by atoms with Crippen LogP contribution in [0.1, 0.15) is 51.8 Å². The van der Waals surface area contributed by atoms with Crippen molar-refractivity contribution in [2.75, 3.05) is 19.6 Å². The minimum atomic E-state index is -0.280. The molecule has 13 heteroatoms. The largest absolute Gasteiger partial charge is 0.505 e. The molecule has 3 aromatic rings. The van der Waals surface area contributed by atoms with Crippen molar-refractivity contribution in [1.29, 1.82) is 0 Å². The average Bonchev–Trinajstić information content (AvgIpc) is 2.86. The number of hydrogen-bond donors (Lipinski definition) is 6. The van der Waals surface area contributed by atoms with Crippen LogP contribution < -0.4 is 16.0 Å². The van der Waals surface area contributed by atoms with Crippen LogP contribution in [0.2, 0.25) is 0 Å². The van der Waals surface area contributed by atoms with Crippen molar-refractivity contribution in [3.63, 3.8) is 0 Å². The van der Waals surface area contributed by atoms with E-state index in [1.165, 1.54) is 55.4 Å². The summed E-state index contributed by atoms with van der Waals surface area (Å²) in [4.78, 5) is 44.5. The van der Waals surface area contributed by atoms with Crippen molar-refractivity contribution in [2.24, 2.45) is 0 Å². The van der Waals surface area contributed by atoms with Crippen LogP contribution in [0.15, 0.2) is 55.4 Å². The van der Waals surface area contributed by atoms with Crippen LogP contribution in [0.4, 0.5) is 0 Å². The summed E-state index contributed by atoms with van der Waals surface area (Å²) in [6, 6.07) is 4.42. The van der Waals surface area contributed by atoms with E-state index in [2.05, 4.69) is 30.9 Å². The molecule has 0 aliphatic heterocycles. The van der Waals surface area contributed by atoms with Gasteiger partial charge in [0.15, 0.2) is 0 Å². The van der Waals surface area contributed by atoms with E-state index in [4.69, 9.17) is 0 Å². The summed E-state index contributed by atoms with van der Waals surface area (Å²) in [5.41, 5.74) is 0.769. The van der Waals surface area contributed by atoms with E-state index in [0.29, 0.717) is 19.6 Å². The van der Waals surface area contributed by atoms with Crippen LogP contribution in [0.25, 0.3) is 0 Å². The fourth-order valence-electron chi connectivity index (χ4n) is 2.50. The second-order valence-electron chi connectivity index (χ2n) is 6.76. The third kappa shape index (κ3) is 11.4. The zero-order chi connectivity index (χ0) is 26.9. The number of hydrogen-bond acceptors (Lipinski definition) is 9. The number of amides is 3. The van der Waals surface area contributed by atoms with Crippen molar-refractivity contribution < 1.29 is 46.8 Å². The van der Waals surface area contributed by atoms with Gasteiger partial charge in [0.25, 0.3) is 17.7 Å². The molecule has 3 amide bonds. The van der Waals surface area contributed by atoms with Gasteiger partial charge in [0, 0.05) is 55.3 Å². The Balaban J connectivity index is 0.000000518. The number of carbonyl (C=O) groups excluding carboxylic acids is 3. The van der Waals surface area contributed by atoms with Gasteiger partial charge in [0.2, 0.25) is 0 Å². The summed E-state index contributed by atoms with van der Waals surface area (Å²) < 4.78 is 0. The maximum Gasteiger partial charge on any atom is 0.255 e. The number of pyridine rings is 3. The van der Waals surface area contributed by atoms with Gasteiger partial charge in [0.1, 0.15) is 17.2 Å². The summed E-state index contributed by atoms with van der Waals surface area (Å²) in [5.74, 6) is -1.12. The molecule has 3 rings (SSSR count). The molecular formula is C24H30FeN6O6. The second kappa shape index (κ2) is 18.1. The molecular weight excluding hydrogens is 524 g/mol. The molecule has 0 aliphatic carbocycles. The van der Waals surface area contributed by atoms with Crippen molar-refractivity contribution in [1.82, 2.24) is 30.9 Å². The van der Waals surface area contributed by atoms with Gasteiger partial charge in [-0.25, -0.2) is 0 Å². The molecule has 0 radical (unpaired) electrons. The first-order valence-electron chi connectivity index (χ1n) is 11.0. The van der Waals surface area contributed by atoms with Crippen molar-refractivity contribution in [3.8, 4) is 17.2 Å². The minimum Gasteiger partial charge on any atom is -0.505 e. The molecule has 37 heavy (non-hydrogen) atoms. The van der Waals surface area contributed by atoms with Crippen LogP contribution in [0.5, 0.6) is 17.2 Å². The van der Waals surface area contributed by atoms with E-state index in [1.807, 2.05) is 20.8 Å². The molecule has 0 atom stereocenters. The number of aromatic hydroxyl groups is 3. The van der Waals surface area contributed by atoms with Crippen LogP contribution >= 0.6 is 0 Å². The average molecular weight is 554 g/mol. The molecule has 0 aromatic carbocycles. The fraction of sp³-hybridized carbons (Fsp3) is 0.250. The molecule has 200 valence electrons. The Labute approximate surface area is 225 Å². The van der Waals surface area contributed by atoms with Gasteiger partial charge in [-0.2, -0.15) is 0 Å². The van der Waals surface area contributed by atoms with Gasteiger partial charge in [-0.15, -0.1) is 0 Å². The smallest absolute Gasteiger partial charge is 0.255 e. The van der Waals surface area contributed by atoms with Crippen LogP contribution in [0, 0.1) is 0 Å². The Bertz CT molecular complexity index is 1010. The Morgan fingerprint density at radius 3 is 1.03 bits per heavy atom. The summed E-state index contributed by atoms with van der Waals surface area (Å²) in [7, 11) is 0. The Morgan fingerprint density at radius 2 is 0.838 bits per heavy atom. The predicted molar refractivity (Wildman–Crippen MR) is 132 cm³/mol. The number of aromatic nitrogens is 3. The van der Waals surface area contributed by atoms with Crippen LogP contribution in [-0.4, -0.2) is 67.6 Å². The van der Waals surface area contributed by atoms with E-state index in [9.17, 15) is 29.7 Å². The molecule has 0 saturated heterocycles. The van der Waals surface area contributed by atoms with Gasteiger partial charge < -0.3 is 31.3 Å². The summed E-state index contributed by atoms with van der Waals surface area (Å²) in [6.45, 7) is 7.07. The Kier molecular flexibility index (Phi) is 16.0. The maximum absolute atomic E-state index is 11.2. The topological polar surface area (TPSA) is 187 Å². The molecule has 6 N–H and O–H groups in total. The zero-order valence-electron chi connectivity index (χ0n) is 20.6. The minimum absolute atomic E-state index is 0. The number of rotatable bonds is 6. The molecule has 0 spiro atoms. The molecule has 3 heterocycles. The van der Waals surface area contributed by atoms with Crippen LogP contribution in [0.3, 0.4) is 0 Å². The van der Waals surface area contributed by atoms with E-state index in [1.54, 1.807) is 0 Å². The van der Waals surface area contributed by atoms with Gasteiger partial charge >= 0.3 is 0 Å². The maximum atomic E-state index is 11.2. The second-order valence-corrected chi connectivity index (χ2v) is 6.76. The van der Waals surface area contributed by atoms with Crippen molar-refractivity contribution in [3.05, 3.63) is 72.1 Å². The molecule has 3 aromatic heterocycles. The molecule has 0 aliphatic rings. The number of carbonyl (C=O) groups is 3. The molecule has 0 fully saturated rings. The molecule has 0 saturated carbocycles. The standard InChI is InChI=1S/3C8H10N2O2.Fe/c3*1-2-10-8(12)6-3-4-9-5-7(6)11;/h3*3-5,11H,2H2,1H3,(H,10,12);. The Morgan fingerprint density at radius 1 is 0.595 bits per heavy atom. The monoisotopic (exact) mass is 554 g/mol. The van der Waals surface area contributed by atoms with E-state index >= 15 is 0 Å². The van der Waals surface area contributed by atoms with Gasteiger partial charge in [-0.05, 0) is 39.0 Å². The summed E-state index contributed by atoms with van der Waals surface area (Å²) >= 11 is 0. The molecule has 0 unspecified atom stereocenters. The predicted octanol–water partition coefficient (Wildman–Crippen LogP) is 1.61. The SMILES string of the molecule is CCNC(=O)c1ccncc1O.CCNC(=O)c1ccncc1O.CCNC(=O)c1ccncc1O.[Fe]. The van der Waals surface area contributed by atoms with Crippen molar-refractivity contribution in [2.45, 2.75) is 20.8 Å². The third-order valence-electron chi connectivity index (χ3n) is 4.15. The van der Waals surface area contributed by atoms with Crippen LogP contribution in [-0.2, 0) is 17.1 Å². The van der Waals surface area contributed by atoms with Gasteiger partial charge in [-0.3, -0.25) is 29.3 Å². The quantitative estimate of drug-likeness (QED) is 0.246. The zero-order valence-corrected chi connectivity index (χ0v) is 21.7. The third-order valence-corrected chi connectivity index (χ3v) is 4.15. The fourth-order valence-corrected chi connectivity index (χ4v) is 2.50. The number of nitrogens with zero attached hydrogens (tertiary/aromatic N) is 3. The van der Waals surface area contributed by atoms with E-state index in [-0.39, 0.29) is 68.7 Å². The van der Waals surface area contributed by atoms with Gasteiger partial charge in [-0.1, -0.05) is 0 Å². The Hall–Kier alpha value is -4.22. The van der Waals surface area contributed by atoms with E-state index in [0.717, 1.165) is 0 Å². The summed E-state index contributed by atoms with van der Waals surface area (Å²) in [5, 5.41) is 35.3. The van der Waals surface area contributed by atoms with E-state index < -0.39 is 0 Å². The number of nitrogens with one attached hydrogen (secondary N) is 3. The first-order chi connectivity index (χ1) is 17.3. The summed E-state index contributed by atoms with van der Waals surface area (Å²) in [6.07, 6.45) is 8.11. The first kappa shape index (κ1) is 32.8. The van der Waals surface area contributed by atoms with Gasteiger partial charge in [0.05, 0.1) is 35.3 Å². The first-order valence-corrected chi connectivity index (χ1v) is 11.0. The molecule has 0 bridgehead atoms. The van der Waals surface area contributed by atoms with Crippen molar-refractivity contribution >= 4 is 17.7 Å².